The van der Waals surface area contributed by atoms with Crippen molar-refractivity contribution < 1.29 is 4.79 Å². The molecule has 1 N–H and O–H groups in total. The summed E-state index contributed by atoms with van der Waals surface area (Å²) in [7, 11) is 0. The Bertz CT molecular complexity index is 776. The molecule has 3 rings (SSSR count). The molecule has 22 heavy (non-hydrogen) atoms. The van der Waals surface area contributed by atoms with Gasteiger partial charge in [0, 0.05) is 12.4 Å². The lowest BCUT2D eigenvalue weighted by Crippen LogP contribution is -2.23. The third kappa shape index (κ3) is 2.95. The highest BCUT2D eigenvalue weighted by atomic mass is 16.1. The van der Waals surface area contributed by atoms with Crippen LogP contribution in [0.2, 0.25) is 0 Å². The van der Waals surface area contributed by atoms with Crippen LogP contribution in [0.5, 0.6) is 0 Å². The number of aromatic nitrogens is 4. The van der Waals surface area contributed by atoms with E-state index in [0.717, 1.165) is 5.69 Å². The Balaban J connectivity index is 1.70. The van der Waals surface area contributed by atoms with E-state index in [1.807, 2.05) is 12.1 Å². The molecule has 0 aliphatic rings. The van der Waals surface area contributed by atoms with Gasteiger partial charge in [-0.2, -0.15) is 5.10 Å². The fourth-order valence-corrected chi connectivity index (χ4v) is 2.15. The zero-order valence-electron chi connectivity index (χ0n) is 12.5. The molecule has 0 fully saturated rings. The lowest BCUT2D eigenvalue weighted by Gasteiger charge is -2.07. The minimum Gasteiger partial charge on any atom is -0.345 e. The van der Waals surface area contributed by atoms with Crippen molar-refractivity contribution in [2.45, 2.75) is 26.3 Å². The molecule has 0 spiro atoms. The summed E-state index contributed by atoms with van der Waals surface area (Å²) >= 11 is 0. The van der Waals surface area contributed by atoms with Crippen LogP contribution in [0.4, 0.5) is 0 Å². The van der Waals surface area contributed by atoms with E-state index in [1.165, 1.54) is 5.56 Å². The molecule has 3 aromatic heterocycles. The summed E-state index contributed by atoms with van der Waals surface area (Å²) in [5, 5.41) is 6.93. The van der Waals surface area contributed by atoms with Crippen molar-refractivity contribution >= 4 is 11.6 Å². The first-order valence-electron chi connectivity index (χ1n) is 7.17. The van der Waals surface area contributed by atoms with Gasteiger partial charge in [-0.3, -0.25) is 9.78 Å². The van der Waals surface area contributed by atoms with Gasteiger partial charge in [-0.05, 0) is 35.7 Å². The highest BCUT2D eigenvalue weighted by Gasteiger charge is 2.11. The normalized spacial score (nSPS) is 11.0. The third-order valence-electron chi connectivity index (χ3n) is 3.41. The lowest BCUT2D eigenvalue weighted by atomic mass is 10.0. The van der Waals surface area contributed by atoms with Gasteiger partial charge in [0.05, 0.1) is 18.4 Å². The van der Waals surface area contributed by atoms with Crippen molar-refractivity contribution in [3.63, 3.8) is 0 Å². The zero-order valence-corrected chi connectivity index (χ0v) is 12.5. The molecule has 0 aliphatic heterocycles. The number of hydrogen-bond donors (Lipinski definition) is 1. The van der Waals surface area contributed by atoms with Crippen LogP contribution in [0.25, 0.3) is 5.65 Å². The zero-order chi connectivity index (χ0) is 15.5. The second-order valence-corrected chi connectivity index (χ2v) is 5.37. The molecular weight excluding hydrogens is 278 g/mol. The van der Waals surface area contributed by atoms with E-state index in [2.05, 4.69) is 34.2 Å². The number of fused-ring (bicyclic) bond motifs is 1. The molecule has 6 heteroatoms. The molecule has 0 aliphatic carbocycles. The standard InChI is InChI=1S/C16H17N5O/c1-11(2)12-5-7-17-13(8-12)9-18-16(22)14-10-21-15(20-14)4-3-6-19-21/h3-8,10-11H,9H2,1-2H3,(H,18,22). The van der Waals surface area contributed by atoms with Crippen LogP contribution in [-0.4, -0.2) is 25.5 Å². The Morgan fingerprint density at radius 2 is 2.18 bits per heavy atom. The van der Waals surface area contributed by atoms with Crippen LogP contribution in [-0.2, 0) is 6.54 Å². The van der Waals surface area contributed by atoms with Crippen LogP contribution in [0.15, 0.2) is 42.9 Å². The van der Waals surface area contributed by atoms with Crippen LogP contribution < -0.4 is 5.32 Å². The average molecular weight is 295 g/mol. The molecule has 3 heterocycles. The molecule has 0 atom stereocenters. The second kappa shape index (κ2) is 5.93. The van der Waals surface area contributed by atoms with Gasteiger partial charge in [0.2, 0.25) is 0 Å². The van der Waals surface area contributed by atoms with Gasteiger partial charge >= 0.3 is 0 Å². The van der Waals surface area contributed by atoms with E-state index in [0.29, 0.717) is 23.8 Å². The molecule has 0 aromatic carbocycles. The number of rotatable bonds is 4. The SMILES string of the molecule is CC(C)c1ccnc(CNC(=O)c2cn3ncccc3n2)c1. The fraction of sp³-hybridized carbons (Fsp3) is 0.250. The van der Waals surface area contributed by atoms with Crippen LogP contribution in [0.3, 0.4) is 0 Å². The lowest BCUT2D eigenvalue weighted by molar-refractivity contribution is 0.0946. The van der Waals surface area contributed by atoms with Gasteiger partial charge in [-0.25, -0.2) is 9.50 Å². The maximum atomic E-state index is 12.2. The summed E-state index contributed by atoms with van der Waals surface area (Å²) in [6.45, 7) is 4.63. The van der Waals surface area contributed by atoms with Crippen molar-refractivity contribution in [1.82, 2.24) is 24.9 Å². The molecule has 3 aromatic rings. The smallest absolute Gasteiger partial charge is 0.271 e. The summed E-state index contributed by atoms with van der Waals surface area (Å²) in [4.78, 5) is 20.7. The Labute approximate surface area is 128 Å². The quantitative estimate of drug-likeness (QED) is 0.800. The predicted molar refractivity (Wildman–Crippen MR) is 82.5 cm³/mol. The monoisotopic (exact) mass is 295 g/mol. The highest BCUT2D eigenvalue weighted by Crippen LogP contribution is 2.14. The maximum Gasteiger partial charge on any atom is 0.271 e. The van der Waals surface area contributed by atoms with Gasteiger partial charge in [0.1, 0.15) is 5.69 Å². The van der Waals surface area contributed by atoms with E-state index in [1.54, 1.807) is 35.2 Å². The van der Waals surface area contributed by atoms with Crippen LogP contribution in [0.1, 0.15) is 41.5 Å². The van der Waals surface area contributed by atoms with E-state index < -0.39 is 0 Å². The van der Waals surface area contributed by atoms with E-state index in [9.17, 15) is 4.79 Å². The highest BCUT2D eigenvalue weighted by molar-refractivity contribution is 5.92. The number of carbonyl (C=O) groups is 1. The molecule has 0 saturated carbocycles. The van der Waals surface area contributed by atoms with Crippen molar-refractivity contribution in [2.24, 2.45) is 0 Å². The van der Waals surface area contributed by atoms with Gasteiger partial charge in [0.15, 0.2) is 5.65 Å². The van der Waals surface area contributed by atoms with E-state index >= 15 is 0 Å². The molecule has 0 unspecified atom stereocenters. The number of hydrogen-bond acceptors (Lipinski definition) is 4. The van der Waals surface area contributed by atoms with Crippen LogP contribution >= 0.6 is 0 Å². The van der Waals surface area contributed by atoms with Gasteiger partial charge in [-0.15, -0.1) is 0 Å². The molecular formula is C16H17N5O. The van der Waals surface area contributed by atoms with Crippen molar-refractivity contribution in [1.29, 1.82) is 0 Å². The summed E-state index contributed by atoms with van der Waals surface area (Å²) in [5.74, 6) is 0.198. The first-order valence-corrected chi connectivity index (χ1v) is 7.17. The summed E-state index contributed by atoms with van der Waals surface area (Å²) < 4.78 is 1.58. The Morgan fingerprint density at radius 1 is 1.32 bits per heavy atom. The summed E-state index contributed by atoms with van der Waals surface area (Å²) in [6.07, 6.45) is 5.03. The molecule has 6 nitrogen and oxygen atoms in total. The third-order valence-corrected chi connectivity index (χ3v) is 3.41. The van der Waals surface area contributed by atoms with Crippen LogP contribution in [0, 0.1) is 0 Å². The van der Waals surface area contributed by atoms with Crippen molar-refractivity contribution in [2.75, 3.05) is 0 Å². The number of nitrogens with zero attached hydrogens (tertiary/aromatic N) is 4. The van der Waals surface area contributed by atoms with Crippen molar-refractivity contribution in [3.8, 4) is 0 Å². The first kappa shape index (κ1) is 14.2. The molecule has 0 saturated heterocycles. The predicted octanol–water partition coefficient (Wildman–Crippen LogP) is 2.18. The van der Waals surface area contributed by atoms with Gasteiger partial charge in [0.25, 0.3) is 5.91 Å². The van der Waals surface area contributed by atoms with Gasteiger partial charge in [-0.1, -0.05) is 13.8 Å². The second-order valence-electron chi connectivity index (χ2n) is 5.37. The Morgan fingerprint density at radius 3 is 2.95 bits per heavy atom. The van der Waals surface area contributed by atoms with Gasteiger partial charge < -0.3 is 5.32 Å². The largest absolute Gasteiger partial charge is 0.345 e. The molecule has 1 amide bonds. The fourth-order valence-electron chi connectivity index (χ4n) is 2.15. The van der Waals surface area contributed by atoms with E-state index in [4.69, 9.17) is 0 Å². The minimum absolute atomic E-state index is 0.234. The number of nitrogens with one attached hydrogen (secondary N) is 1. The topological polar surface area (TPSA) is 72.2 Å². The number of imidazole rings is 1. The number of pyridine rings is 1. The summed E-state index contributed by atoms with van der Waals surface area (Å²) in [6, 6.07) is 7.59. The van der Waals surface area contributed by atoms with Crippen molar-refractivity contribution in [3.05, 3.63) is 59.8 Å². The Kier molecular flexibility index (Phi) is 3.82. The molecule has 112 valence electrons. The minimum atomic E-state index is -0.234. The number of amides is 1. The number of carbonyl (C=O) groups excluding carboxylic acids is 1. The van der Waals surface area contributed by atoms with E-state index in [-0.39, 0.29) is 5.91 Å². The average Bonchev–Trinajstić information content (AvgIpc) is 2.97. The molecule has 0 bridgehead atoms. The Hall–Kier alpha value is -2.76. The first-order chi connectivity index (χ1) is 10.6. The maximum absolute atomic E-state index is 12.2. The summed E-state index contributed by atoms with van der Waals surface area (Å²) in [5.41, 5.74) is 3.03. The molecule has 0 radical (unpaired) electrons.